The molecular weight excluding hydrogens is 324 g/mol. The Balaban J connectivity index is 1.63. The minimum atomic E-state index is 0.609. The van der Waals surface area contributed by atoms with E-state index >= 15 is 0 Å². The van der Waals surface area contributed by atoms with Gasteiger partial charge in [-0.3, -0.25) is 0 Å². The third-order valence-corrected chi connectivity index (χ3v) is 6.64. The second-order valence-electron chi connectivity index (χ2n) is 7.99. The van der Waals surface area contributed by atoms with Gasteiger partial charge >= 0.3 is 0 Å². The van der Waals surface area contributed by atoms with Gasteiger partial charge in [-0.15, -0.1) is 0 Å². The Morgan fingerprint density at radius 3 is 1.72 bits per heavy atom. The number of hydrogen-bond acceptors (Lipinski definition) is 2. The largest absolute Gasteiger partial charge is 0.378 e. The minimum Gasteiger partial charge on any atom is -0.378 e. The molecule has 0 aromatic heterocycles. The third-order valence-electron chi connectivity index (χ3n) is 5.48. The van der Waals surface area contributed by atoms with Crippen molar-refractivity contribution in [3.8, 4) is 0 Å². The Kier molecular flexibility index (Phi) is 17.8. The van der Waals surface area contributed by atoms with Gasteiger partial charge in [0.25, 0.3) is 0 Å². The van der Waals surface area contributed by atoms with E-state index in [1.54, 1.807) is 0 Å². The number of rotatable bonds is 19. The van der Waals surface area contributed by atoms with Gasteiger partial charge in [-0.05, 0) is 43.6 Å². The summed E-state index contributed by atoms with van der Waals surface area (Å²) in [7, 11) is 0. The van der Waals surface area contributed by atoms with Crippen LogP contribution >= 0.6 is 11.8 Å². The SMILES string of the molecule is CCCCCCCCCCSCCCCCCCCCC1CCCO1. The molecule has 1 saturated heterocycles. The van der Waals surface area contributed by atoms with Gasteiger partial charge in [0.1, 0.15) is 0 Å². The first-order valence-electron chi connectivity index (χ1n) is 11.6. The molecule has 0 aliphatic carbocycles. The first kappa shape index (κ1) is 23.3. The molecule has 1 fully saturated rings. The standard InChI is InChI=1S/C23H46OS/c1-2-3-4-5-6-9-12-15-21-25-22-16-13-10-7-8-11-14-18-23-19-17-20-24-23/h23H,2-22H2,1H3. The zero-order chi connectivity index (χ0) is 17.8. The van der Waals surface area contributed by atoms with Crippen molar-refractivity contribution in [1.29, 1.82) is 0 Å². The molecule has 1 unspecified atom stereocenters. The van der Waals surface area contributed by atoms with Gasteiger partial charge in [0.15, 0.2) is 0 Å². The fraction of sp³-hybridized carbons (Fsp3) is 1.00. The summed E-state index contributed by atoms with van der Waals surface area (Å²) in [5.74, 6) is 2.80. The van der Waals surface area contributed by atoms with Crippen LogP contribution in [0.5, 0.6) is 0 Å². The molecule has 0 aromatic carbocycles. The Morgan fingerprint density at radius 2 is 1.20 bits per heavy atom. The molecule has 1 atom stereocenters. The summed E-state index contributed by atoms with van der Waals surface area (Å²) >= 11 is 2.20. The van der Waals surface area contributed by atoms with Gasteiger partial charge in [0, 0.05) is 6.61 Å². The average Bonchev–Trinajstić information content (AvgIpc) is 3.14. The van der Waals surface area contributed by atoms with Gasteiger partial charge in [0.2, 0.25) is 0 Å². The Morgan fingerprint density at radius 1 is 0.680 bits per heavy atom. The topological polar surface area (TPSA) is 9.23 Å². The highest BCUT2D eigenvalue weighted by molar-refractivity contribution is 7.99. The third kappa shape index (κ3) is 16.2. The second kappa shape index (κ2) is 19.1. The molecule has 0 spiro atoms. The summed E-state index contributed by atoms with van der Waals surface area (Å²) in [4.78, 5) is 0. The van der Waals surface area contributed by atoms with E-state index in [0.717, 1.165) is 6.61 Å². The summed E-state index contributed by atoms with van der Waals surface area (Å²) in [6.07, 6.45) is 26.2. The molecule has 2 heteroatoms. The number of hydrogen-bond donors (Lipinski definition) is 0. The van der Waals surface area contributed by atoms with E-state index in [1.165, 1.54) is 127 Å². The normalized spacial score (nSPS) is 17.4. The van der Waals surface area contributed by atoms with Crippen LogP contribution < -0.4 is 0 Å². The predicted molar refractivity (Wildman–Crippen MR) is 116 cm³/mol. The van der Waals surface area contributed by atoms with Crippen molar-refractivity contribution < 1.29 is 4.74 Å². The molecule has 1 rings (SSSR count). The highest BCUT2D eigenvalue weighted by Crippen LogP contribution is 2.19. The fourth-order valence-corrected chi connectivity index (χ4v) is 4.79. The van der Waals surface area contributed by atoms with Crippen molar-refractivity contribution >= 4 is 11.8 Å². The van der Waals surface area contributed by atoms with E-state index in [1.807, 2.05) is 0 Å². The van der Waals surface area contributed by atoms with Crippen LogP contribution in [0.4, 0.5) is 0 Å². The van der Waals surface area contributed by atoms with Crippen LogP contribution in [-0.2, 0) is 4.74 Å². The maximum Gasteiger partial charge on any atom is 0.0576 e. The molecule has 1 nitrogen and oxygen atoms in total. The first-order chi connectivity index (χ1) is 12.4. The van der Waals surface area contributed by atoms with E-state index < -0.39 is 0 Å². The number of ether oxygens (including phenoxy) is 1. The first-order valence-corrected chi connectivity index (χ1v) is 12.8. The minimum absolute atomic E-state index is 0.609. The molecule has 0 radical (unpaired) electrons. The van der Waals surface area contributed by atoms with Crippen molar-refractivity contribution in [1.82, 2.24) is 0 Å². The van der Waals surface area contributed by atoms with E-state index in [0.29, 0.717) is 6.10 Å². The molecule has 150 valence electrons. The summed E-state index contributed by atoms with van der Waals surface area (Å²) in [6, 6.07) is 0. The van der Waals surface area contributed by atoms with Crippen LogP contribution in [0.15, 0.2) is 0 Å². The maximum absolute atomic E-state index is 5.68. The quantitative estimate of drug-likeness (QED) is 0.212. The van der Waals surface area contributed by atoms with Crippen LogP contribution in [0.1, 0.15) is 122 Å². The molecule has 25 heavy (non-hydrogen) atoms. The highest BCUT2D eigenvalue weighted by Gasteiger charge is 2.14. The Hall–Kier alpha value is 0.310. The lowest BCUT2D eigenvalue weighted by Crippen LogP contribution is -2.03. The zero-order valence-electron chi connectivity index (χ0n) is 17.2. The highest BCUT2D eigenvalue weighted by atomic mass is 32.2. The van der Waals surface area contributed by atoms with Crippen LogP contribution in [0.2, 0.25) is 0 Å². The molecule has 0 N–H and O–H groups in total. The summed E-state index contributed by atoms with van der Waals surface area (Å²) in [5, 5.41) is 0. The Labute approximate surface area is 163 Å². The lowest BCUT2D eigenvalue weighted by atomic mass is 10.1. The summed E-state index contributed by atoms with van der Waals surface area (Å²) in [6.45, 7) is 3.31. The molecule has 0 bridgehead atoms. The number of unbranched alkanes of at least 4 members (excludes halogenated alkanes) is 13. The summed E-state index contributed by atoms with van der Waals surface area (Å²) < 4.78 is 5.68. The van der Waals surface area contributed by atoms with Crippen molar-refractivity contribution in [3.05, 3.63) is 0 Å². The predicted octanol–water partition coefficient (Wildman–Crippen LogP) is 8.16. The summed E-state index contributed by atoms with van der Waals surface area (Å²) in [5.41, 5.74) is 0. The van der Waals surface area contributed by atoms with Crippen LogP contribution in [0.3, 0.4) is 0 Å². The lowest BCUT2D eigenvalue weighted by molar-refractivity contribution is 0.102. The van der Waals surface area contributed by atoms with Gasteiger partial charge in [-0.2, -0.15) is 11.8 Å². The average molecular weight is 371 g/mol. The second-order valence-corrected chi connectivity index (χ2v) is 9.21. The Bertz CT molecular complexity index is 250. The molecule has 0 amide bonds. The van der Waals surface area contributed by atoms with Gasteiger partial charge in [0.05, 0.1) is 6.10 Å². The molecular formula is C23H46OS. The molecule has 0 aromatic rings. The van der Waals surface area contributed by atoms with Crippen LogP contribution in [0, 0.1) is 0 Å². The van der Waals surface area contributed by atoms with Crippen LogP contribution in [0.25, 0.3) is 0 Å². The molecule has 1 aliphatic heterocycles. The molecule has 1 aliphatic rings. The smallest absolute Gasteiger partial charge is 0.0576 e. The lowest BCUT2D eigenvalue weighted by Gasteiger charge is -2.08. The van der Waals surface area contributed by atoms with E-state index in [4.69, 9.17) is 4.74 Å². The van der Waals surface area contributed by atoms with Gasteiger partial charge in [-0.25, -0.2) is 0 Å². The van der Waals surface area contributed by atoms with Gasteiger partial charge in [-0.1, -0.05) is 90.4 Å². The van der Waals surface area contributed by atoms with Crippen molar-refractivity contribution in [3.63, 3.8) is 0 Å². The van der Waals surface area contributed by atoms with Gasteiger partial charge < -0.3 is 4.74 Å². The monoisotopic (exact) mass is 370 g/mol. The van der Waals surface area contributed by atoms with E-state index in [9.17, 15) is 0 Å². The maximum atomic E-state index is 5.68. The number of thioether (sulfide) groups is 1. The van der Waals surface area contributed by atoms with Crippen molar-refractivity contribution in [2.24, 2.45) is 0 Å². The van der Waals surface area contributed by atoms with E-state index in [-0.39, 0.29) is 0 Å². The molecule has 0 saturated carbocycles. The van der Waals surface area contributed by atoms with Crippen molar-refractivity contribution in [2.75, 3.05) is 18.1 Å². The van der Waals surface area contributed by atoms with Crippen molar-refractivity contribution in [2.45, 2.75) is 129 Å². The molecule has 1 heterocycles. The zero-order valence-corrected chi connectivity index (χ0v) is 18.1. The van der Waals surface area contributed by atoms with Crippen LogP contribution in [-0.4, -0.2) is 24.2 Å². The fourth-order valence-electron chi connectivity index (χ4n) is 3.77. The van der Waals surface area contributed by atoms with E-state index in [2.05, 4.69) is 18.7 Å².